The summed E-state index contributed by atoms with van der Waals surface area (Å²) >= 11 is 11.7. The third-order valence-electron chi connectivity index (χ3n) is 2.96. The minimum atomic E-state index is -1.04. The van der Waals surface area contributed by atoms with Crippen LogP contribution in [0.15, 0.2) is 22.7 Å². The molecular weight excluding hydrogens is 343 g/mol. The SMILES string of the molecule is Cc1cc(C(=O)OC(C)C(=O)Nc2ncc(Cl)cc2Cl)c(C)o1. The lowest BCUT2D eigenvalue weighted by Crippen LogP contribution is -2.30. The first-order chi connectivity index (χ1) is 10.8. The summed E-state index contributed by atoms with van der Waals surface area (Å²) in [6, 6.07) is 3.00. The number of halogens is 2. The Labute approximate surface area is 142 Å². The second kappa shape index (κ2) is 7.02. The Morgan fingerprint density at radius 2 is 2.00 bits per heavy atom. The Bertz CT molecular complexity index is 758. The molecule has 2 heterocycles. The fraction of sp³-hybridized carbons (Fsp3) is 0.267. The van der Waals surface area contributed by atoms with Gasteiger partial charge in [0.15, 0.2) is 11.9 Å². The normalized spacial score (nSPS) is 11.9. The van der Waals surface area contributed by atoms with Crippen molar-refractivity contribution in [3.63, 3.8) is 0 Å². The number of carbonyl (C=O) groups excluding carboxylic acids is 2. The molecule has 1 N–H and O–H groups in total. The fourth-order valence-corrected chi connectivity index (χ4v) is 2.26. The predicted molar refractivity (Wildman–Crippen MR) is 85.9 cm³/mol. The van der Waals surface area contributed by atoms with Crippen LogP contribution in [0.4, 0.5) is 5.82 Å². The van der Waals surface area contributed by atoms with E-state index in [1.165, 1.54) is 19.2 Å². The Kier molecular flexibility index (Phi) is 5.28. The minimum Gasteiger partial charge on any atom is -0.466 e. The molecule has 0 saturated heterocycles. The average Bonchev–Trinajstić information content (AvgIpc) is 2.80. The molecule has 0 aromatic carbocycles. The molecule has 1 atom stereocenters. The quantitative estimate of drug-likeness (QED) is 0.842. The molecule has 0 aliphatic heterocycles. The van der Waals surface area contributed by atoms with Crippen molar-refractivity contribution >= 4 is 40.9 Å². The van der Waals surface area contributed by atoms with Gasteiger partial charge in [-0.05, 0) is 32.9 Å². The number of hydrogen-bond donors (Lipinski definition) is 1. The fourth-order valence-electron chi connectivity index (χ4n) is 1.84. The van der Waals surface area contributed by atoms with Gasteiger partial charge in [0.1, 0.15) is 17.1 Å². The van der Waals surface area contributed by atoms with Gasteiger partial charge < -0.3 is 14.5 Å². The first-order valence-electron chi connectivity index (χ1n) is 6.68. The van der Waals surface area contributed by atoms with E-state index >= 15 is 0 Å². The van der Waals surface area contributed by atoms with Crippen molar-refractivity contribution in [3.05, 3.63) is 45.5 Å². The number of hydrogen-bond acceptors (Lipinski definition) is 5. The van der Waals surface area contributed by atoms with Crippen molar-refractivity contribution in [2.75, 3.05) is 5.32 Å². The molecule has 1 amide bonds. The molecule has 0 aliphatic carbocycles. The van der Waals surface area contributed by atoms with Crippen LogP contribution < -0.4 is 5.32 Å². The number of anilines is 1. The first kappa shape index (κ1) is 17.3. The predicted octanol–water partition coefficient (Wildman–Crippen LogP) is 3.78. The summed E-state index contributed by atoms with van der Waals surface area (Å²) in [5.41, 5.74) is 0.282. The second-order valence-electron chi connectivity index (χ2n) is 4.85. The summed E-state index contributed by atoms with van der Waals surface area (Å²) in [6.07, 6.45) is 0.308. The molecule has 2 aromatic heterocycles. The van der Waals surface area contributed by atoms with E-state index in [1.54, 1.807) is 19.9 Å². The van der Waals surface area contributed by atoms with E-state index in [1.807, 2.05) is 0 Å². The van der Waals surface area contributed by atoms with Crippen LogP contribution in [0, 0.1) is 13.8 Å². The van der Waals surface area contributed by atoms with Crippen molar-refractivity contribution in [1.29, 1.82) is 0 Å². The summed E-state index contributed by atoms with van der Waals surface area (Å²) < 4.78 is 10.4. The van der Waals surface area contributed by atoms with E-state index in [0.717, 1.165) is 0 Å². The van der Waals surface area contributed by atoms with Gasteiger partial charge in [0.05, 0.1) is 10.0 Å². The number of pyridine rings is 1. The number of carbonyl (C=O) groups is 2. The highest BCUT2D eigenvalue weighted by molar-refractivity contribution is 6.36. The third-order valence-corrected chi connectivity index (χ3v) is 3.46. The number of esters is 1. The van der Waals surface area contributed by atoms with Gasteiger partial charge in [0, 0.05) is 6.20 Å². The van der Waals surface area contributed by atoms with E-state index < -0.39 is 18.0 Å². The largest absolute Gasteiger partial charge is 0.466 e. The highest BCUT2D eigenvalue weighted by atomic mass is 35.5. The van der Waals surface area contributed by atoms with Gasteiger partial charge in [-0.25, -0.2) is 9.78 Å². The maximum Gasteiger partial charge on any atom is 0.342 e. The summed E-state index contributed by atoms with van der Waals surface area (Å²) in [4.78, 5) is 28.0. The molecule has 0 radical (unpaired) electrons. The Hall–Kier alpha value is -2.05. The zero-order valence-electron chi connectivity index (χ0n) is 12.6. The smallest absolute Gasteiger partial charge is 0.342 e. The van der Waals surface area contributed by atoms with Gasteiger partial charge >= 0.3 is 5.97 Å². The molecule has 0 fully saturated rings. The standard InChI is InChI=1S/C15H14Cl2N2O4/c1-7-4-11(8(2)22-7)15(21)23-9(3)14(20)19-13-12(17)5-10(16)6-18-13/h4-6,9H,1-3H3,(H,18,19,20). The third kappa shape index (κ3) is 4.24. The minimum absolute atomic E-state index is 0.138. The van der Waals surface area contributed by atoms with E-state index in [4.69, 9.17) is 32.4 Å². The van der Waals surface area contributed by atoms with E-state index in [-0.39, 0.29) is 16.4 Å². The van der Waals surface area contributed by atoms with Crippen LogP contribution in [0.2, 0.25) is 10.0 Å². The van der Waals surface area contributed by atoms with Crippen LogP contribution in [0.5, 0.6) is 0 Å². The molecule has 23 heavy (non-hydrogen) atoms. The van der Waals surface area contributed by atoms with Gasteiger partial charge in [-0.1, -0.05) is 23.2 Å². The zero-order chi connectivity index (χ0) is 17.1. The highest BCUT2D eigenvalue weighted by Crippen LogP contribution is 2.23. The van der Waals surface area contributed by atoms with Crippen LogP contribution in [-0.4, -0.2) is 23.0 Å². The van der Waals surface area contributed by atoms with Crippen molar-refractivity contribution in [2.45, 2.75) is 26.9 Å². The van der Waals surface area contributed by atoms with Crippen molar-refractivity contribution in [3.8, 4) is 0 Å². The number of aryl methyl sites for hydroxylation is 2. The molecule has 2 rings (SSSR count). The zero-order valence-corrected chi connectivity index (χ0v) is 14.2. The van der Waals surface area contributed by atoms with Gasteiger partial charge in [-0.3, -0.25) is 4.79 Å². The molecule has 0 saturated carbocycles. The van der Waals surface area contributed by atoms with Crippen LogP contribution in [0.1, 0.15) is 28.8 Å². The molecule has 0 spiro atoms. The highest BCUT2D eigenvalue weighted by Gasteiger charge is 2.22. The monoisotopic (exact) mass is 356 g/mol. The molecule has 8 heteroatoms. The molecule has 122 valence electrons. The Morgan fingerprint density at radius 1 is 1.30 bits per heavy atom. The van der Waals surface area contributed by atoms with Crippen LogP contribution in [-0.2, 0) is 9.53 Å². The second-order valence-corrected chi connectivity index (χ2v) is 5.69. The number of nitrogens with zero attached hydrogens (tertiary/aromatic N) is 1. The number of furan rings is 1. The number of nitrogens with one attached hydrogen (secondary N) is 1. The average molecular weight is 357 g/mol. The number of ether oxygens (including phenoxy) is 1. The summed E-state index contributed by atoms with van der Waals surface area (Å²) in [6.45, 7) is 4.80. The summed E-state index contributed by atoms with van der Waals surface area (Å²) in [5.74, 6) is -0.0457. The Morgan fingerprint density at radius 3 is 2.57 bits per heavy atom. The molecule has 1 unspecified atom stereocenters. The first-order valence-corrected chi connectivity index (χ1v) is 7.43. The van der Waals surface area contributed by atoms with Crippen LogP contribution >= 0.6 is 23.2 Å². The van der Waals surface area contributed by atoms with Gasteiger partial charge in [-0.15, -0.1) is 0 Å². The van der Waals surface area contributed by atoms with Crippen molar-refractivity contribution < 1.29 is 18.7 Å². The van der Waals surface area contributed by atoms with E-state index in [0.29, 0.717) is 16.5 Å². The maximum absolute atomic E-state index is 12.1. The van der Waals surface area contributed by atoms with Gasteiger partial charge in [-0.2, -0.15) is 0 Å². The van der Waals surface area contributed by atoms with E-state index in [2.05, 4.69) is 10.3 Å². The topological polar surface area (TPSA) is 81.4 Å². The Balaban J connectivity index is 2.02. The summed E-state index contributed by atoms with van der Waals surface area (Å²) in [5, 5.41) is 3.00. The molecule has 0 bridgehead atoms. The van der Waals surface area contributed by atoms with Crippen molar-refractivity contribution in [2.24, 2.45) is 0 Å². The molecular formula is C15H14Cl2N2O4. The number of aromatic nitrogens is 1. The number of rotatable bonds is 4. The van der Waals surface area contributed by atoms with Gasteiger partial charge in [0.25, 0.3) is 5.91 Å². The molecule has 2 aromatic rings. The van der Waals surface area contributed by atoms with E-state index in [9.17, 15) is 9.59 Å². The lowest BCUT2D eigenvalue weighted by molar-refractivity contribution is -0.123. The summed E-state index contributed by atoms with van der Waals surface area (Å²) in [7, 11) is 0. The van der Waals surface area contributed by atoms with Gasteiger partial charge in [0.2, 0.25) is 0 Å². The molecule has 0 aliphatic rings. The lowest BCUT2D eigenvalue weighted by atomic mass is 10.2. The van der Waals surface area contributed by atoms with Crippen LogP contribution in [0.3, 0.4) is 0 Å². The molecule has 6 nitrogen and oxygen atoms in total. The van der Waals surface area contributed by atoms with Crippen molar-refractivity contribution in [1.82, 2.24) is 4.98 Å². The van der Waals surface area contributed by atoms with Crippen LogP contribution in [0.25, 0.3) is 0 Å². The lowest BCUT2D eigenvalue weighted by Gasteiger charge is -2.13. The number of amides is 1. The maximum atomic E-state index is 12.1.